The summed E-state index contributed by atoms with van der Waals surface area (Å²) in [5.74, 6) is 0. The molecular weight excluding hydrogens is 434 g/mol. The predicted octanol–water partition coefficient (Wildman–Crippen LogP) is 6.30. The molecular formula is C25H25N5O4. The third kappa shape index (κ3) is 5.55. The van der Waals surface area contributed by atoms with Crippen LogP contribution >= 0.6 is 0 Å². The van der Waals surface area contributed by atoms with Gasteiger partial charge in [0.15, 0.2) is 0 Å². The number of pyridine rings is 1. The minimum Gasteiger partial charge on any atom is -0.258 e. The lowest BCUT2D eigenvalue weighted by atomic mass is 10.1. The van der Waals surface area contributed by atoms with E-state index in [1.165, 1.54) is 12.1 Å². The summed E-state index contributed by atoms with van der Waals surface area (Å²) < 4.78 is 0. The lowest BCUT2D eigenvalue weighted by Gasteiger charge is -2.08. The van der Waals surface area contributed by atoms with E-state index in [4.69, 9.17) is 0 Å². The summed E-state index contributed by atoms with van der Waals surface area (Å²) in [5, 5.41) is 22.1. The third-order valence-electron chi connectivity index (χ3n) is 5.38. The van der Waals surface area contributed by atoms with Crippen LogP contribution in [0.15, 0.2) is 64.6 Å². The van der Waals surface area contributed by atoms with Gasteiger partial charge in [-0.1, -0.05) is 19.9 Å². The van der Waals surface area contributed by atoms with Crippen molar-refractivity contribution in [1.82, 2.24) is 4.98 Å². The van der Waals surface area contributed by atoms with Crippen molar-refractivity contribution in [3.8, 4) is 0 Å². The first-order valence-corrected chi connectivity index (χ1v) is 10.9. The fraction of sp³-hybridized carbons (Fsp3) is 0.240. The van der Waals surface area contributed by atoms with Crippen LogP contribution in [-0.4, -0.2) is 26.3 Å². The van der Waals surface area contributed by atoms with E-state index >= 15 is 0 Å². The van der Waals surface area contributed by atoms with Crippen LogP contribution in [0.4, 0.5) is 22.7 Å². The molecule has 1 aromatic heterocycles. The molecule has 0 unspecified atom stereocenters. The van der Waals surface area contributed by atoms with Gasteiger partial charge in [0.25, 0.3) is 11.4 Å². The Labute approximate surface area is 197 Å². The van der Waals surface area contributed by atoms with Gasteiger partial charge in [0, 0.05) is 24.3 Å². The maximum atomic E-state index is 11.1. The summed E-state index contributed by atoms with van der Waals surface area (Å²) in [6, 6.07) is 14.8. The van der Waals surface area contributed by atoms with Gasteiger partial charge in [-0.25, -0.2) is 4.98 Å². The smallest absolute Gasteiger partial charge is 0.258 e. The van der Waals surface area contributed by atoms with E-state index < -0.39 is 9.85 Å². The molecule has 0 spiro atoms. The number of benzene rings is 2. The Balaban J connectivity index is 1.94. The quantitative estimate of drug-likeness (QED) is 0.222. The second-order valence-electron chi connectivity index (χ2n) is 7.65. The number of aryl methyl sites for hydroxylation is 2. The number of rotatable bonds is 8. The number of nitro benzene ring substituents is 2. The molecule has 0 amide bonds. The molecule has 1 heterocycles. The maximum absolute atomic E-state index is 11.1. The topological polar surface area (TPSA) is 124 Å². The second-order valence-corrected chi connectivity index (χ2v) is 7.65. The Morgan fingerprint density at radius 1 is 0.765 bits per heavy atom. The molecule has 0 saturated carbocycles. The van der Waals surface area contributed by atoms with E-state index in [9.17, 15) is 20.2 Å². The SMILES string of the molecule is CCc1cc([N+](=O)[O-])ccc1/N=C(\C)c1cccc(/C(C)=N/c2ccc([N+](=O)[O-])cc2CC)n1. The van der Waals surface area contributed by atoms with Crippen LogP contribution < -0.4 is 0 Å². The van der Waals surface area contributed by atoms with Crippen molar-refractivity contribution in [2.75, 3.05) is 0 Å². The summed E-state index contributed by atoms with van der Waals surface area (Å²) in [5.41, 5.74) is 5.64. The molecule has 0 bridgehead atoms. The Morgan fingerprint density at radius 3 is 1.53 bits per heavy atom. The molecule has 9 nitrogen and oxygen atoms in total. The van der Waals surface area contributed by atoms with Gasteiger partial charge in [0.2, 0.25) is 0 Å². The first-order chi connectivity index (χ1) is 16.2. The highest BCUT2D eigenvalue weighted by Gasteiger charge is 2.12. The van der Waals surface area contributed by atoms with Gasteiger partial charge in [-0.3, -0.25) is 30.2 Å². The normalized spacial score (nSPS) is 12.0. The Hall–Kier alpha value is -4.27. The zero-order valence-electron chi connectivity index (χ0n) is 19.5. The maximum Gasteiger partial charge on any atom is 0.269 e. The Kier molecular flexibility index (Phi) is 7.57. The van der Waals surface area contributed by atoms with Crippen LogP contribution in [0.2, 0.25) is 0 Å². The lowest BCUT2D eigenvalue weighted by molar-refractivity contribution is -0.385. The highest BCUT2D eigenvalue weighted by Crippen LogP contribution is 2.27. The van der Waals surface area contributed by atoms with Crippen LogP contribution in [0.25, 0.3) is 0 Å². The molecule has 0 aliphatic heterocycles. The standard InChI is InChI=1S/C25H25N5O4/c1-5-18-14-20(29(31)32)10-12-24(18)26-16(3)22-8-7-9-23(28-22)17(4)27-25-13-11-21(30(33)34)15-19(25)6-2/h7-15H,5-6H2,1-4H3/b26-16+,27-17+. The first-order valence-electron chi connectivity index (χ1n) is 10.9. The number of hydrogen-bond donors (Lipinski definition) is 0. The largest absolute Gasteiger partial charge is 0.269 e. The first kappa shape index (κ1) is 24.4. The average molecular weight is 460 g/mol. The fourth-order valence-corrected chi connectivity index (χ4v) is 3.47. The van der Waals surface area contributed by atoms with Crippen molar-refractivity contribution in [2.45, 2.75) is 40.5 Å². The summed E-state index contributed by atoms with van der Waals surface area (Å²) in [7, 11) is 0. The Morgan fingerprint density at radius 2 is 1.18 bits per heavy atom. The highest BCUT2D eigenvalue weighted by atomic mass is 16.6. The van der Waals surface area contributed by atoms with Gasteiger partial charge in [-0.15, -0.1) is 0 Å². The monoisotopic (exact) mass is 459 g/mol. The molecule has 0 aliphatic rings. The molecule has 0 saturated heterocycles. The van der Waals surface area contributed by atoms with Gasteiger partial charge < -0.3 is 0 Å². The van der Waals surface area contributed by atoms with E-state index in [1.54, 1.807) is 24.3 Å². The van der Waals surface area contributed by atoms with E-state index in [0.717, 1.165) is 11.1 Å². The van der Waals surface area contributed by atoms with Crippen LogP contribution in [0.3, 0.4) is 0 Å². The number of aromatic nitrogens is 1. The molecule has 2 aromatic carbocycles. The van der Waals surface area contributed by atoms with Crippen LogP contribution in [0, 0.1) is 20.2 Å². The molecule has 0 radical (unpaired) electrons. The van der Waals surface area contributed by atoms with Crippen LogP contribution in [0.1, 0.15) is 50.2 Å². The molecule has 0 aliphatic carbocycles. The average Bonchev–Trinajstić information content (AvgIpc) is 2.84. The van der Waals surface area contributed by atoms with Crippen molar-refractivity contribution < 1.29 is 9.85 Å². The van der Waals surface area contributed by atoms with E-state index in [0.29, 0.717) is 47.0 Å². The second kappa shape index (κ2) is 10.6. The number of nitrogens with zero attached hydrogens (tertiary/aromatic N) is 5. The van der Waals surface area contributed by atoms with Crippen LogP contribution in [-0.2, 0) is 12.8 Å². The molecule has 3 aromatic rings. The van der Waals surface area contributed by atoms with Crippen LogP contribution in [0.5, 0.6) is 0 Å². The Bertz CT molecular complexity index is 1220. The molecule has 9 heteroatoms. The minimum atomic E-state index is -0.415. The number of hydrogen-bond acceptors (Lipinski definition) is 7. The molecule has 0 fully saturated rings. The van der Waals surface area contributed by atoms with Crippen molar-refractivity contribution in [3.63, 3.8) is 0 Å². The highest BCUT2D eigenvalue weighted by molar-refractivity contribution is 6.02. The van der Waals surface area contributed by atoms with Crippen molar-refractivity contribution in [3.05, 3.63) is 97.3 Å². The molecule has 0 atom stereocenters. The van der Waals surface area contributed by atoms with Crippen molar-refractivity contribution >= 4 is 34.2 Å². The van der Waals surface area contributed by atoms with Crippen molar-refractivity contribution in [2.24, 2.45) is 9.98 Å². The fourth-order valence-electron chi connectivity index (χ4n) is 3.47. The number of aliphatic imine (C=N–C) groups is 2. The van der Waals surface area contributed by atoms with Gasteiger partial charge in [0.05, 0.1) is 44.0 Å². The molecule has 0 N–H and O–H groups in total. The zero-order valence-corrected chi connectivity index (χ0v) is 19.5. The van der Waals surface area contributed by atoms with Gasteiger partial charge >= 0.3 is 0 Å². The lowest BCUT2D eigenvalue weighted by Crippen LogP contribution is -2.05. The predicted molar refractivity (Wildman–Crippen MR) is 133 cm³/mol. The zero-order chi connectivity index (χ0) is 24.8. The third-order valence-corrected chi connectivity index (χ3v) is 5.38. The molecule has 3 rings (SSSR count). The van der Waals surface area contributed by atoms with Gasteiger partial charge in [0.1, 0.15) is 0 Å². The summed E-state index contributed by atoms with van der Waals surface area (Å²) >= 11 is 0. The van der Waals surface area contributed by atoms with Gasteiger partial charge in [-0.05, 0) is 62.1 Å². The van der Waals surface area contributed by atoms with Crippen molar-refractivity contribution in [1.29, 1.82) is 0 Å². The minimum absolute atomic E-state index is 0.0399. The summed E-state index contributed by atoms with van der Waals surface area (Å²) in [6.07, 6.45) is 1.23. The summed E-state index contributed by atoms with van der Waals surface area (Å²) in [6.45, 7) is 7.53. The molecule has 34 heavy (non-hydrogen) atoms. The number of nitro groups is 2. The van der Waals surface area contributed by atoms with Gasteiger partial charge in [-0.2, -0.15) is 0 Å². The van der Waals surface area contributed by atoms with E-state index in [-0.39, 0.29) is 11.4 Å². The molecule has 174 valence electrons. The van der Waals surface area contributed by atoms with E-state index in [1.807, 2.05) is 45.9 Å². The number of non-ortho nitro benzene ring substituents is 2. The van der Waals surface area contributed by atoms with E-state index in [2.05, 4.69) is 15.0 Å². The summed E-state index contributed by atoms with van der Waals surface area (Å²) in [4.78, 5) is 35.3.